The maximum atomic E-state index is 13.1. The van der Waals surface area contributed by atoms with Crippen molar-refractivity contribution in [1.29, 1.82) is 0 Å². The summed E-state index contributed by atoms with van der Waals surface area (Å²) in [4.78, 5) is 29.0. The third-order valence-electron chi connectivity index (χ3n) is 6.04. The summed E-state index contributed by atoms with van der Waals surface area (Å²) >= 11 is 0. The predicted octanol–water partition coefficient (Wildman–Crippen LogP) is 3.28. The van der Waals surface area contributed by atoms with E-state index in [1.165, 1.54) is 24.3 Å². The predicted molar refractivity (Wildman–Crippen MR) is 133 cm³/mol. The SMILES string of the molecule is CC(C)Cc1cc(CNC(=O)CN2CCN(C(=O)c3ccc(F)cc3)CC2)nn1-c1ccccc1. The average Bonchev–Trinajstić information content (AvgIpc) is 3.26. The topological polar surface area (TPSA) is 70.5 Å². The lowest BCUT2D eigenvalue weighted by Crippen LogP contribution is -2.51. The largest absolute Gasteiger partial charge is 0.349 e. The van der Waals surface area contributed by atoms with E-state index in [1.54, 1.807) is 4.90 Å². The highest BCUT2D eigenvalue weighted by Crippen LogP contribution is 2.16. The summed E-state index contributed by atoms with van der Waals surface area (Å²) in [6.07, 6.45) is 0.900. The van der Waals surface area contributed by atoms with Crippen molar-refractivity contribution in [2.24, 2.45) is 5.92 Å². The minimum absolute atomic E-state index is 0.0667. The fraction of sp³-hybridized carbons (Fsp3) is 0.370. The van der Waals surface area contributed by atoms with Crippen molar-refractivity contribution in [2.75, 3.05) is 32.7 Å². The van der Waals surface area contributed by atoms with Gasteiger partial charge in [-0.15, -0.1) is 0 Å². The first-order chi connectivity index (χ1) is 16.9. The highest BCUT2D eigenvalue weighted by Gasteiger charge is 2.23. The second-order valence-electron chi connectivity index (χ2n) is 9.32. The van der Waals surface area contributed by atoms with E-state index in [0.717, 1.165) is 23.5 Å². The van der Waals surface area contributed by atoms with Crippen LogP contribution >= 0.6 is 0 Å². The number of halogens is 1. The third kappa shape index (κ3) is 6.54. The molecular formula is C27H32FN5O2. The average molecular weight is 478 g/mol. The number of nitrogens with zero attached hydrogens (tertiary/aromatic N) is 4. The van der Waals surface area contributed by atoms with E-state index in [9.17, 15) is 14.0 Å². The van der Waals surface area contributed by atoms with Crippen molar-refractivity contribution < 1.29 is 14.0 Å². The summed E-state index contributed by atoms with van der Waals surface area (Å²) < 4.78 is 15.1. The molecule has 35 heavy (non-hydrogen) atoms. The molecule has 2 aromatic carbocycles. The van der Waals surface area contributed by atoms with Gasteiger partial charge in [0, 0.05) is 37.4 Å². The molecule has 184 valence electrons. The fourth-order valence-corrected chi connectivity index (χ4v) is 4.25. The van der Waals surface area contributed by atoms with Crippen LogP contribution in [0.4, 0.5) is 4.39 Å². The molecule has 4 rings (SSSR count). The van der Waals surface area contributed by atoms with Crippen LogP contribution in [0.5, 0.6) is 0 Å². The maximum Gasteiger partial charge on any atom is 0.253 e. The summed E-state index contributed by atoms with van der Waals surface area (Å²) in [6.45, 7) is 7.28. The molecule has 0 radical (unpaired) electrons. The molecule has 2 heterocycles. The minimum Gasteiger partial charge on any atom is -0.349 e. The lowest BCUT2D eigenvalue weighted by molar-refractivity contribution is -0.122. The van der Waals surface area contributed by atoms with Gasteiger partial charge in [-0.1, -0.05) is 32.0 Å². The van der Waals surface area contributed by atoms with Crippen molar-refractivity contribution in [3.05, 3.63) is 83.4 Å². The summed E-state index contributed by atoms with van der Waals surface area (Å²) in [7, 11) is 0. The van der Waals surface area contributed by atoms with E-state index < -0.39 is 0 Å². The summed E-state index contributed by atoms with van der Waals surface area (Å²) in [5, 5.41) is 7.72. The van der Waals surface area contributed by atoms with E-state index in [2.05, 4.69) is 25.2 Å². The number of aromatic nitrogens is 2. The monoisotopic (exact) mass is 477 g/mol. The molecule has 3 aromatic rings. The van der Waals surface area contributed by atoms with Gasteiger partial charge in [0.15, 0.2) is 0 Å². The first-order valence-corrected chi connectivity index (χ1v) is 12.1. The van der Waals surface area contributed by atoms with Crippen LogP contribution in [-0.4, -0.2) is 64.1 Å². The second-order valence-corrected chi connectivity index (χ2v) is 9.32. The number of para-hydroxylation sites is 1. The first kappa shape index (κ1) is 24.6. The number of piperazine rings is 1. The highest BCUT2D eigenvalue weighted by atomic mass is 19.1. The van der Waals surface area contributed by atoms with Gasteiger partial charge < -0.3 is 10.2 Å². The number of rotatable bonds is 8. The fourth-order valence-electron chi connectivity index (χ4n) is 4.25. The zero-order valence-corrected chi connectivity index (χ0v) is 20.3. The lowest BCUT2D eigenvalue weighted by Gasteiger charge is -2.34. The van der Waals surface area contributed by atoms with Crippen molar-refractivity contribution >= 4 is 11.8 Å². The highest BCUT2D eigenvalue weighted by molar-refractivity contribution is 5.94. The van der Waals surface area contributed by atoms with Crippen LogP contribution in [0.25, 0.3) is 5.69 Å². The Hall–Kier alpha value is -3.52. The molecule has 1 aliphatic rings. The minimum atomic E-state index is -0.361. The van der Waals surface area contributed by atoms with Gasteiger partial charge in [-0.05, 0) is 54.8 Å². The number of nitrogens with one attached hydrogen (secondary N) is 1. The van der Waals surface area contributed by atoms with Crippen LogP contribution in [0.3, 0.4) is 0 Å². The zero-order valence-electron chi connectivity index (χ0n) is 20.3. The molecule has 0 bridgehead atoms. The van der Waals surface area contributed by atoms with Gasteiger partial charge >= 0.3 is 0 Å². The molecule has 1 saturated heterocycles. The summed E-state index contributed by atoms with van der Waals surface area (Å²) in [5.41, 5.74) is 3.43. The van der Waals surface area contributed by atoms with Gasteiger partial charge in [-0.3, -0.25) is 14.5 Å². The van der Waals surface area contributed by atoms with Gasteiger partial charge in [0.05, 0.1) is 24.5 Å². The van der Waals surface area contributed by atoms with Crippen molar-refractivity contribution in [3.63, 3.8) is 0 Å². The molecule has 0 spiro atoms. The van der Waals surface area contributed by atoms with Crippen molar-refractivity contribution in [3.8, 4) is 5.69 Å². The van der Waals surface area contributed by atoms with Gasteiger partial charge in [-0.25, -0.2) is 9.07 Å². The van der Waals surface area contributed by atoms with E-state index >= 15 is 0 Å². The molecule has 1 aliphatic heterocycles. The van der Waals surface area contributed by atoms with Crippen LogP contribution in [0.15, 0.2) is 60.7 Å². The second kappa shape index (κ2) is 11.3. The number of amides is 2. The van der Waals surface area contributed by atoms with Gasteiger partial charge in [0.1, 0.15) is 5.82 Å². The molecule has 1 fully saturated rings. The third-order valence-corrected chi connectivity index (χ3v) is 6.04. The van der Waals surface area contributed by atoms with Crippen LogP contribution in [0.2, 0.25) is 0 Å². The number of benzene rings is 2. The molecule has 0 saturated carbocycles. The Morgan fingerprint density at radius 2 is 1.69 bits per heavy atom. The number of hydrogen-bond acceptors (Lipinski definition) is 4. The molecule has 0 unspecified atom stereocenters. The Morgan fingerprint density at radius 1 is 1.00 bits per heavy atom. The first-order valence-electron chi connectivity index (χ1n) is 12.1. The van der Waals surface area contributed by atoms with Gasteiger partial charge in [0.2, 0.25) is 5.91 Å². The lowest BCUT2D eigenvalue weighted by atomic mass is 10.1. The Kier molecular flexibility index (Phi) is 7.92. The molecule has 1 N–H and O–H groups in total. The number of carbonyl (C=O) groups excluding carboxylic acids is 2. The molecule has 0 aliphatic carbocycles. The van der Waals surface area contributed by atoms with Crippen LogP contribution < -0.4 is 5.32 Å². The number of carbonyl (C=O) groups is 2. The van der Waals surface area contributed by atoms with Crippen LogP contribution in [-0.2, 0) is 17.8 Å². The van der Waals surface area contributed by atoms with Crippen molar-refractivity contribution in [2.45, 2.75) is 26.8 Å². The van der Waals surface area contributed by atoms with Crippen LogP contribution in [0, 0.1) is 11.7 Å². The molecule has 2 amide bonds. The van der Waals surface area contributed by atoms with Crippen LogP contribution in [0.1, 0.15) is 35.6 Å². The van der Waals surface area contributed by atoms with E-state index in [4.69, 9.17) is 5.10 Å². The molecule has 1 aromatic heterocycles. The van der Waals surface area contributed by atoms with E-state index in [-0.39, 0.29) is 24.2 Å². The maximum absolute atomic E-state index is 13.1. The Morgan fingerprint density at radius 3 is 2.34 bits per heavy atom. The number of hydrogen-bond donors (Lipinski definition) is 1. The van der Waals surface area contributed by atoms with E-state index in [1.807, 2.05) is 39.9 Å². The molecule has 0 atom stereocenters. The Bertz CT molecular complexity index is 1140. The molecular weight excluding hydrogens is 445 g/mol. The van der Waals surface area contributed by atoms with Crippen molar-refractivity contribution in [1.82, 2.24) is 24.9 Å². The normalized spacial score (nSPS) is 14.3. The van der Waals surface area contributed by atoms with Gasteiger partial charge in [0.25, 0.3) is 5.91 Å². The molecule has 7 nitrogen and oxygen atoms in total. The quantitative estimate of drug-likeness (QED) is 0.541. The zero-order chi connectivity index (χ0) is 24.8. The van der Waals surface area contributed by atoms with E-state index in [0.29, 0.717) is 44.2 Å². The molecule has 8 heteroatoms. The smallest absolute Gasteiger partial charge is 0.253 e. The Balaban J connectivity index is 1.28. The Labute approximate surface area is 205 Å². The summed E-state index contributed by atoms with van der Waals surface area (Å²) in [5.74, 6) is -0.0474. The summed E-state index contributed by atoms with van der Waals surface area (Å²) in [6, 6.07) is 17.7. The standard InChI is InChI=1S/C27H32FN5O2/c1-20(2)16-25-17-23(30-33(25)24-6-4-3-5-7-24)18-29-26(34)19-31-12-14-32(15-13-31)27(35)21-8-10-22(28)11-9-21/h3-11,17,20H,12-16,18-19H2,1-2H3,(H,29,34). The van der Waals surface area contributed by atoms with Gasteiger partial charge in [-0.2, -0.15) is 5.10 Å².